The van der Waals surface area contributed by atoms with Crippen LogP contribution in [0.1, 0.15) is 55.0 Å². The summed E-state index contributed by atoms with van der Waals surface area (Å²) in [5.41, 5.74) is 0.364. The Kier molecular flexibility index (Phi) is 6.18. The second kappa shape index (κ2) is 8.65. The number of hydrogen-bond acceptors (Lipinski definition) is 4. The van der Waals surface area contributed by atoms with Crippen molar-refractivity contribution in [1.82, 2.24) is 10.6 Å². The Morgan fingerprint density at radius 1 is 1.18 bits per heavy atom. The third-order valence-corrected chi connectivity index (χ3v) is 6.96. The second-order valence-corrected chi connectivity index (χ2v) is 9.21. The third-order valence-electron chi connectivity index (χ3n) is 6.96. The van der Waals surface area contributed by atoms with E-state index in [1.807, 2.05) is 37.3 Å². The number of alkyl carbamates (subject to hydrolysis) is 1. The third kappa shape index (κ3) is 4.73. The summed E-state index contributed by atoms with van der Waals surface area (Å²) in [6.45, 7) is 6.06. The molecule has 2 N–H and O–H groups in total. The van der Waals surface area contributed by atoms with E-state index in [1.165, 1.54) is 0 Å². The number of cyclic esters (lactones) is 1. The van der Waals surface area contributed by atoms with Gasteiger partial charge in [-0.1, -0.05) is 42.0 Å². The predicted octanol–water partition coefficient (Wildman–Crippen LogP) is 5.24. The molecule has 0 aliphatic carbocycles. The summed E-state index contributed by atoms with van der Waals surface area (Å²) in [5, 5.41) is 6.54. The Morgan fingerprint density at radius 2 is 1.91 bits per heavy atom. The Labute approximate surface area is 191 Å². The van der Waals surface area contributed by atoms with Crippen molar-refractivity contribution in [3.63, 3.8) is 0 Å². The fourth-order valence-corrected chi connectivity index (χ4v) is 4.79. The number of alkyl halides is 3. The first kappa shape index (κ1) is 23.6. The fraction of sp³-hybridized carbons (Fsp3) is 0.480. The highest BCUT2D eigenvalue weighted by molar-refractivity contribution is 5.71. The molecule has 0 radical (unpaired) electrons. The average Bonchev–Trinajstić information content (AvgIpc) is 3.05. The first-order valence-electron chi connectivity index (χ1n) is 11.1. The molecule has 2 aliphatic heterocycles. The number of nitrogens with one attached hydrogen (secondary N) is 2. The van der Waals surface area contributed by atoms with Gasteiger partial charge in [0.2, 0.25) is 0 Å². The number of aryl methyl sites for hydroxylation is 1. The number of amides is 1. The molecule has 33 heavy (non-hydrogen) atoms. The second-order valence-electron chi connectivity index (χ2n) is 9.21. The van der Waals surface area contributed by atoms with Gasteiger partial charge in [0, 0.05) is 6.54 Å². The molecule has 4 rings (SSSR count). The maximum atomic E-state index is 13.3. The summed E-state index contributed by atoms with van der Waals surface area (Å²) in [6.07, 6.45) is -4.27. The zero-order chi connectivity index (χ0) is 23.9. The van der Waals surface area contributed by atoms with E-state index >= 15 is 0 Å². The van der Waals surface area contributed by atoms with Crippen molar-refractivity contribution in [2.24, 2.45) is 0 Å². The summed E-state index contributed by atoms with van der Waals surface area (Å²) < 4.78 is 51.4. The largest absolute Gasteiger partial charge is 0.444 e. The van der Waals surface area contributed by atoms with E-state index in [0.717, 1.165) is 17.7 Å². The Bertz CT molecular complexity index is 1000. The van der Waals surface area contributed by atoms with E-state index in [-0.39, 0.29) is 12.7 Å². The quantitative estimate of drug-likeness (QED) is 0.638. The Balaban J connectivity index is 1.55. The molecule has 2 aromatic rings. The standard InChI is InChI=1S/C25H29F3N2O3/c1-16-11-19(13-21(12-16)25(26,27)28)17(2)32-15-24(20-7-5-4-6-8-20)10-9-23(14-29-24)18(3)33-22(31)30-23/h4-8,11-13,17-18,29H,9-10,14-15H2,1-3H3,(H,30,31)/t17?,18?,23?,24-/m1/s1. The van der Waals surface area contributed by atoms with Crippen LogP contribution in [0.25, 0.3) is 0 Å². The van der Waals surface area contributed by atoms with E-state index in [2.05, 4.69) is 10.6 Å². The molecule has 1 amide bonds. The Hall–Kier alpha value is -2.58. The van der Waals surface area contributed by atoms with Crippen LogP contribution >= 0.6 is 0 Å². The molecule has 0 bridgehead atoms. The van der Waals surface area contributed by atoms with Crippen LogP contribution in [0.15, 0.2) is 48.5 Å². The van der Waals surface area contributed by atoms with E-state index in [0.29, 0.717) is 30.5 Å². The first-order chi connectivity index (χ1) is 15.5. The number of ether oxygens (including phenoxy) is 2. The Morgan fingerprint density at radius 3 is 2.48 bits per heavy atom. The topological polar surface area (TPSA) is 59.6 Å². The van der Waals surface area contributed by atoms with Crippen LogP contribution in [0.2, 0.25) is 0 Å². The van der Waals surface area contributed by atoms with Crippen molar-refractivity contribution >= 4 is 6.09 Å². The first-order valence-corrected chi connectivity index (χ1v) is 11.1. The van der Waals surface area contributed by atoms with Gasteiger partial charge >= 0.3 is 12.3 Å². The lowest BCUT2D eigenvalue weighted by molar-refractivity contribution is -0.137. The molecular formula is C25H29F3N2O3. The number of hydrogen-bond donors (Lipinski definition) is 2. The van der Waals surface area contributed by atoms with Gasteiger partial charge in [0.25, 0.3) is 0 Å². The maximum absolute atomic E-state index is 13.3. The van der Waals surface area contributed by atoms with Gasteiger partial charge in [-0.2, -0.15) is 13.2 Å². The van der Waals surface area contributed by atoms with E-state index < -0.39 is 35.0 Å². The van der Waals surface area contributed by atoms with Crippen molar-refractivity contribution in [3.05, 3.63) is 70.8 Å². The summed E-state index contributed by atoms with van der Waals surface area (Å²) in [4.78, 5) is 11.8. The number of benzene rings is 2. The highest BCUT2D eigenvalue weighted by Gasteiger charge is 2.52. The van der Waals surface area contributed by atoms with Crippen LogP contribution in [0.3, 0.4) is 0 Å². The lowest BCUT2D eigenvalue weighted by atomic mass is 9.75. The van der Waals surface area contributed by atoms with Crippen LogP contribution in [0.4, 0.5) is 18.0 Å². The van der Waals surface area contributed by atoms with Crippen molar-refractivity contribution in [2.75, 3.05) is 13.2 Å². The van der Waals surface area contributed by atoms with Gasteiger partial charge in [-0.3, -0.25) is 0 Å². The molecule has 2 fully saturated rings. The molecule has 5 nitrogen and oxygen atoms in total. The predicted molar refractivity (Wildman–Crippen MR) is 118 cm³/mol. The van der Waals surface area contributed by atoms with E-state index in [9.17, 15) is 18.0 Å². The normalized spacial score (nSPS) is 28.4. The molecule has 4 atom stereocenters. The van der Waals surface area contributed by atoms with Crippen LogP contribution in [-0.4, -0.2) is 30.9 Å². The average molecular weight is 463 g/mol. The molecule has 0 aromatic heterocycles. The van der Waals surface area contributed by atoms with Crippen LogP contribution in [0.5, 0.6) is 0 Å². The maximum Gasteiger partial charge on any atom is 0.416 e. The SMILES string of the molecule is Cc1cc(C(C)OC[C@@]2(c3ccccc3)CCC3(CN2)NC(=O)OC3C)cc(C(F)(F)F)c1. The van der Waals surface area contributed by atoms with Crippen molar-refractivity contribution in [1.29, 1.82) is 0 Å². The molecule has 2 aliphatic rings. The number of piperidine rings is 1. The van der Waals surface area contributed by atoms with Crippen molar-refractivity contribution in [2.45, 2.75) is 63.1 Å². The number of rotatable bonds is 5. The molecule has 2 saturated heterocycles. The van der Waals surface area contributed by atoms with Crippen LogP contribution < -0.4 is 10.6 Å². The summed E-state index contributed by atoms with van der Waals surface area (Å²) in [5.74, 6) is 0. The van der Waals surface area contributed by atoms with Crippen molar-refractivity contribution < 1.29 is 27.4 Å². The van der Waals surface area contributed by atoms with Crippen LogP contribution in [0, 0.1) is 6.92 Å². The van der Waals surface area contributed by atoms with Crippen LogP contribution in [-0.2, 0) is 21.2 Å². The molecule has 0 saturated carbocycles. The lowest BCUT2D eigenvalue weighted by Gasteiger charge is -2.46. The van der Waals surface area contributed by atoms with Gasteiger partial charge < -0.3 is 20.1 Å². The molecule has 8 heteroatoms. The van der Waals surface area contributed by atoms with Gasteiger partial charge in [0.1, 0.15) is 6.10 Å². The minimum atomic E-state index is -4.41. The highest BCUT2D eigenvalue weighted by Crippen LogP contribution is 2.39. The smallest absolute Gasteiger partial charge is 0.416 e. The minimum absolute atomic E-state index is 0.265. The highest BCUT2D eigenvalue weighted by atomic mass is 19.4. The monoisotopic (exact) mass is 462 g/mol. The number of carbonyl (C=O) groups is 1. The minimum Gasteiger partial charge on any atom is -0.444 e. The van der Waals surface area contributed by atoms with Gasteiger partial charge in [0.15, 0.2) is 0 Å². The molecular weight excluding hydrogens is 433 g/mol. The molecule has 1 spiro atoms. The zero-order valence-electron chi connectivity index (χ0n) is 19.0. The zero-order valence-corrected chi connectivity index (χ0v) is 19.0. The summed E-state index contributed by atoms with van der Waals surface area (Å²) >= 11 is 0. The molecule has 178 valence electrons. The van der Waals surface area contributed by atoms with Gasteiger partial charge in [0.05, 0.1) is 29.4 Å². The summed E-state index contributed by atoms with van der Waals surface area (Å²) in [6, 6.07) is 13.9. The van der Waals surface area contributed by atoms with Gasteiger partial charge in [-0.05, 0) is 56.9 Å². The van der Waals surface area contributed by atoms with Crippen molar-refractivity contribution in [3.8, 4) is 0 Å². The van der Waals surface area contributed by atoms with Gasteiger partial charge in [-0.25, -0.2) is 4.79 Å². The molecule has 2 aromatic carbocycles. The fourth-order valence-electron chi connectivity index (χ4n) is 4.79. The van der Waals surface area contributed by atoms with E-state index in [1.54, 1.807) is 19.9 Å². The lowest BCUT2D eigenvalue weighted by Crippen LogP contribution is -2.64. The van der Waals surface area contributed by atoms with Gasteiger partial charge in [-0.15, -0.1) is 0 Å². The molecule has 3 unspecified atom stereocenters. The number of halogens is 3. The molecule has 2 heterocycles. The summed E-state index contributed by atoms with van der Waals surface area (Å²) in [7, 11) is 0. The van der Waals surface area contributed by atoms with E-state index in [4.69, 9.17) is 9.47 Å². The number of carbonyl (C=O) groups excluding carboxylic acids is 1.